The third-order valence-electron chi connectivity index (χ3n) is 4.70. The van der Waals surface area contributed by atoms with Crippen molar-refractivity contribution < 1.29 is 14.7 Å². The number of piperazine rings is 1. The topological polar surface area (TPSA) is 98.9 Å². The van der Waals surface area contributed by atoms with E-state index in [1.807, 2.05) is 12.1 Å². The van der Waals surface area contributed by atoms with Crippen LogP contribution in [-0.4, -0.2) is 54.5 Å². The summed E-state index contributed by atoms with van der Waals surface area (Å²) in [6.45, 7) is 4.26. The van der Waals surface area contributed by atoms with E-state index < -0.39 is 5.91 Å². The fourth-order valence-electron chi connectivity index (χ4n) is 3.09. The molecule has 0 aliphatic carbocycles. The van der Waals surface area contributed by atoms with Crippen LogP contribution < -0.4 is 16.0 Å². The Balaban J connectivity index is 1.41. The molecule has 2 aromatic carbocycles. The van der Waals surface area contributed by atoms with Crippen molar-refractivity contribution in [2.75, 3.05) is 42.9 Å². The van der Waals surface area contributed by atoms with Crippen LogP contribution in [0.15, 0.2) is 48.5 Å². The van der Waals surface area contributed by atoms with E-state index in [1.54, 1.807) is 36.4 Å². The zero-order chi connectivity index (χ0) is 19.2. The number of nitrogens with zero attached hydrogens (tertiary/aromatic N) is 2. The molecular weight excluding hydrogens is 344 g/mol. The maximum absolute atomic E-state index is 12.1. The molecule has 7 nitrogen and oxygen atoms in total. The smallest absolute Gasteiger partial charge is 0.248 e. The lowest BCUT2D eigenvalue weighted by molar-refractivity contribution is -0.116. The number of carbonyl (C=O) groups is 2. The van der Waals surface area contributed by atoms with Gasteiger partial charge in [-0.3, -0.25) is 14.5 Å². The molecular formula is C20H24N4O3. The molecule has 1 heterocycles. The van der Waals surface area contributed by atoms with Crippen LogP contribution >= 0.6 is 0 Å². The molecule has 0 atom stereocenters. The minimum atomic E-state index is -0.487. The highest BCUT2D eigenvalue weighted by Crippen LogP contribution is 2.19. The summed E-state index contributed by atoms with van der Waals surface area (Å²) in [6, 6.07) is 13.8. The van der Waals surface area contributed by atoms with Gasteiger partial charge in [-0.25, -0.2) is 0 Å². The first-order valence-corrected chi connectivity index (χ1v) is 8.97. The SMILES string of the molecule is NC(=O)c1ccc(NC(=O)CCN2CCN(c3ccc(O)cc3)CC2)cc1. The van der Waals surface area contributed by atoms with Gasteiger partial charge >= 0.3 is 0 Å². The Morgan fingerprint density at radius 3 is 2.19 bits per heavy atom. The molecule has 0 spiro atoms. The zero-order valence-electron chi connectivity index (χ0n) is 15.1. The fourth-order valence-corrected chi connectivity index (χ4v) is 3.09. The van der Waals surface area contributed by atoms with Gasteiger partial charge in [-0.15, -0.1) is 0 Å². The van der Waals surface area contributed by atoms with Crippen LogP contribution in [0.4, 0.5) is 11.4 Å². The Bertz CT molecular complexity index is 782. The largest absolute Gasteiger partial charge is 0.508 e. The van der Waals surface area contributed by atoms with Crippen molar-refractivity contribution >= 4 is 23.2 Å². The molecule has 1 aliphatic rings. The van der Waals surface area contributed by atoms with Crippen molar-refractivity contribution in [1.29, 1.82) is 0 Å². The number of nitrogens with two attached hydrogens (primary N) is 1. The van der Waals surface area contributed by atoms with Gasteiger partial charge in [-0.2, -0.15) is 0 Å². The van der Waals surface area contributed by atoms with E-state index in [4.69, 9.17) is 5.73 Å². The molecule has 27 heavy (non-hydrogen) atoms. The van der Waals surface area contributed by atoms with Crippen molar-refractivity contribution in [3.63, 3.8) is 0 Å². The minimum Gasteiger partial charge on any atom is -0.508 e. The van der Waals surface area contributed by atoms with Gasteiger partial charge in [0.15, 0.2) is 0 Å². The number of aromatic hydroxyl groups is 1. The van der Waals surface area contributed by atoms with E-state index in [9.17, 15) is 14.7 Å². The van der Waals surface area contributed by atoms with E-state index in [2.05, 4.69) is 15.1 Å². The third-order valence-corrected chi connectivity index (χ3v) is 4.70. The lowest BCUT2D eigenvalue weighted by Crippen LogP contribution is -2.47. The Morgan fingerprint density at radius 2 is 1.59 bits per heavy atom. The van der Waals surface area contributed by atoms with Gasteiger partial charge in [-0.1, -0.05) is 0 Å². The molecule has 2 amide bonds. The van der Waals surface area contributed by atoms with Gasteiger partial charge < -0.3 is 21.1 Å². The number of hydrogen-bond donors (Lipinski definition) is 3. The number of amides is 2. The van der Waals surface area contributed by atoms with Crippen molar-refractivity contribution in [2.45, 2.75) is 6.42 Å². The van der Waals surface area contributed by atoms with Crippen LogP contribution in [-0.2, 0) is 4.79 Å². The molecule has 142 valence electrons. The number of nitrogens with one attached hydrogen (secondary N) is 1. The minimum absolute atomic E-state index is 0.0530. The molecule has 3 rings (SSSR count). The van der Waals surface area contributed by atoms with Gasteiger partial charge in [0.05, 0.1) is 0 Å². The van der Waals surface area contributed by atoms with Crippen molar-refractivity contribution in [2.24, 2.45) is 5.73 Å². The Hall–Kier alpha value is -3.06. The second kappa shape index (κ2) is 8.55. The summed E-state index contributed by atoms with van der Waals surface area (Å²) in [5, 5.41) is 12.2. The average molecular weight is 368 g/mol. The van der Waals surface area contributed by atoms with Gasteiger partial charge in [0.25, 0.3) is 0 Å². The first-order valence-electron chi connectivity index (χ1n) is 8.97. The molecule has 0 radical (unpaired) electrons. The summed E-state index contributed by atoms with van der Waals surface area (Å²) in [6.07, 6.45) is 0.413. The van der Waals surface area contributed by atoms with Gasteiger partial charge in [-0.05, 0) is 48.5 Å². The number of phenolic OH excluding ortho intramolecular Hbond substituents is 1. The number of anilines is 2. The predicted molar refractivity (Wildman–Crippen MR) is 105 cm³/mol. The Kier molecular flexibility index (Phi) is 5.93. The van der Waals surface area contributed by atoms with Gasteiger partial charge in [0, 0.05) is 56.1 Å². The summed E-state index contributed by atoms with van der Waals surface area (Å²) in [5.41, 5.74) is 7.37. The second-order valence-corrected chi connectivity index (χ2v) is 6.58. The van der Waals surface area contributed by atoms with Crippen LogP contribution in [0, 0.1) is 0 Å². The van der Waals surface area contributed by atoms with Crippen molar-refractivity contribution in [3.8, 4) is 5.75 Å². The summed E-state index contributed by atoms with van der Waals surface area (Å²) in [4.78, 5) is 27.7. The number of rotatable bonds is 6. The van der Waals surface area contributed by atoms with Crippen LogP contribution in [0.3, 0.4) is 0 Å². The zero-order valence-corrected chi connectivity index (χ0v) is 15.1. The molecule has 0 unspecified atom stereocenters. The summed E-state index contributed by atoms with van der Waals surface area (Å²) >= 11 is 0. The average Bonchev–Trinajstić information content (AvgIpc) is 2.68. The Morgan fingerprint density at radius 1 is 0.963 bits per heavy atom. The first-order chi connectivity index (χ1) is 13.0. The summed E-state index contributed by atoms with van der Waals surface area (Å²) in [7, 11) is 0. The summed E-state index contributed by atoms with van der Waals surface area (Å²) < 4.78 is 0. The van der Waals surface area contributed by atoms with E-state index >= 15 is 0 Å². The van der Waals surface area contributed by atoms with E-state index in [-0.39, 0.29) is 11.7 Å². The van der Waals surface area contributed by atoms with Crippen LogP contribution in [0.25, 0.3) is 0 Å². The highest BCUT2D eigenvalue weighted by molar-refractivity contribution is 5.94. The van der Waals surface area contributed by atoms with Crippen LogP contribution in [0.1, 0.15) is 16.8 Å². The molecule has 1 saturated heterocycles. The number of benzene rings is 2. The standard InChI is InChI=1S/C20H24N4O3/c21-20(27)15-1-3-16(4-2-15)22-19(26)9-10-23-11-13-24(14-12-23)17-5-7-18(25)8-6-17/h1-8,25H,9-14H2,(H2,21,27)(H,22,26). The monoisotopic (exact) mass is 368 g/mol. The molecule has 4 N–H and O–H groups in total. The van der Waals surface area contributed by atoms with Crippen LogP contribution in [0.5, 0.6) is 5.75 Å². The number of carbonyl (C=O) groups excluding carboxylic acids is 2. The molecule has 0 bridgehead atoms. The van der Waals surface area contributed by atoms with E-state index in [0.717, 1.165) is 31.9 Å². The maximum atomic E-state index is 12.1. The lowest BCUT2D eigenvalue weighted by Gasteiger charge is -2.36. The molecule has 1 fully saturated rings. The molecule has 0 saturated carbocycles. The number of phenols is 1. The van der Waals surface area contributed by atoms with Crippen molar-refractivity contribution in [3.05, 3.63) is 54.1 Å². The highest BCUT2D eigenvalue weighted by atomic mass is 16.3. The second-order valence-electron chi connectivity index (χ2n) is 6.58. The molecule has 7 heteroatoms. The molecule has 2 aromatic rings. The Labute approximate surface area is 158 Å². The van der Waals surface area contributed by atoms with Gasteiger partial charge in [0.1, 0.15) is 5.75 Å². The molecule has 1 aliphatic heterocycles. The van der Waals surface area contributed by atoms with Crippen molar-refractivity contribution in [1.82, 2.24) is 4.90 Å². The maximum Gasteiger partial charge on any atom is 0.248 e. The third kappa shape index (κ3) is 5.21. The van der Waals surface area contributed by atoms with Crippen LogP contribution in [0.2, 0.25) is 0 Å². The molecule has 0 aromatic heterocycles. The lowest BCUT2D eigenvalue weighted by atomic mass is 10.2. The highest BCUT2D eigenvalue weighted by Gasteiger charge is 2.17. The normalized spacial score (nSPS) is 14.7. The fraction of sp³-hybridized carbons (Fsp3) is 0.300. The quantitative estimate of drug-likeness (QED) is 0.720. The first kappa shape index (κ1) is 18.7. The van der Waals surface area contributed by atoms with Gasteiger partial charge in [0.2, 0.25) is 11.8 Å². The van der Waals surface area contributed by atoms with E-state index in [1.165, 1.54) is 0 Å². The number of primary amides is 1. The van der Waals surface area contributed by atoms with E-state index in [0.29, 0.717) is 24.2 Å². The predicted octanol–water partition coefficient (Wildman–Crippen LogP) is 1.64. The summed E-state index contributed by atoms with van der Waals surface area (Å²) in [5.74, 6) is -0.269. The number of hydrogen-bond acceptors (Lipinski definition) is 5.